The van der Waals surface area contributed by atoms with Gasteiger partial charge >= 0.3 is 6.09 Å². The van der Waals surface area contributed by atoms with Gasteiger partial charge in [-0.2, -0.15) is 0 Å². The molecule has 0 aromatic heterocycles. The molecule has 3 aromatic rings. The van der Waals surface area contributed by atoms with Crippen LogP contribution in [0.5, 0.6) is 0 Å². The van der Waals surface area contributed by atoms with Crippen LogP contribution in [0.4, 0.5) is 4.79 Å². The topological polar surface area (TPSA) is 29.5 Å². The lowest BCUT2D eigenvalue weighted by Gasteiger charge is -2.33. The van der Waals surface area contributed by atoms with E-state index in [-0.39, 0.29) is 18.2 Å². The second-order valence-corrected chi connectivity index (χ2v) is 8.09. The van der Waals surface area contributed by atoms with Gasteiger partial charge in [-0.1, -0.05) is 84.9 Å². The lowest BCUT2D eigenvalue weighted by Crippen LogP contribution is -2.43. The van der Waals surface area contributed by atoms with E-state index in [1.165, 1.54) is 22.3 Å². The van der Waals surface area contributed by atoms with Gasteiger partial charge in [0.2, 0.25) is 0 Å². The van der Waals surface area contributed by atoms with Crippen molar-refractivity contribution in [2.24, 2.45) is 0 Å². The number of ether oxygens (including phenoxy) is 1. The van der Waals surface area contributed by atoms with Crippen LogP contribution in [0, 0.1) is 0 Å². The summed E-state index contributed by atoms with van der Waals surface area (Å²) in [4.78, 5) is 14.7. The largest absolute Gasteiger partial charge is 0.445 e. The van der Waals surface area contributed by atoms with Crippen LogP contribution in [0.15, 0.2) is 91.0 Å². The van der Waals surface area contributed by atoms with Crippen molar-refractivity contribution in [3.63, 3.8) is 0 Å². The molecule has 2 bridgehead atoms. The number of fused-ring (bicyclic) bond motifs is 2. The van der Waals surface area contributed by atoms with E-state index < -0.39 is 0 Å². The zero-order valence-corrected chi connectivity index (χ0v) is 16.9. The van der Waals surface area contributed by atoms with Crippen LogP contribution in [0.25, 0.3) is 16.7 Å². The molecule has 1 fully saturated rings. The molecule has 5 rings (SSSR count). The first-order valence-electron chi connectivity index (χ1n) is 10.6. The van der Waals surface area contributed by atoms with Gasteiger partial charge < -0.3 is 4.74 Å². The molecule has 3 heteroatoms. The van der Waals surface area contributed by atoms with Gasteiger partial charge in [0, 0.05) is 6.04 Å². The van der Waals surface area contributed by atoms with Crippen molar-refractivity contribution in [3.8, 4) is 11.1 Å². The highest BCUT2D eigenvalue weighted by Crippen LogP contribution is 2.39. The molecule has 3 aromatic carbocycles. The maximum Gasteiger partial charge on any atom is 0.410 e. The van der Waals surface area contributed by atoms with Crippen LogP contribution in [0.1, 0.15) is 30.4 Å². The first-order chi connectivity index (χ1) is 14.8. The lowest BCUT2D eigenvalue weighted by molar-refractivity contribution is 0.0832. The minimum atomic E-state index is -0.195. The summed E-state index contributed by atoms with van der Waals surface area (Å²) in [5.74, 6) is 0. The molecular weight excluding hydrogens is 370 g/mol. The highest BCUT2D eigenvalue weighted by atomic mass is 16.6. The van der Waals surface area contributed by atoms with Crippen molar-refractivity contribution in [3.05, 3.63) is 102 Å². The van der Waals surface area contributed by atoms with E-state index in [0.29, 0.717) is 6.61 Å². The van der Waals surface area contributed by atoms with Gasteiger partial charge in [-0.15, -0.1) is 0 Å². The Morgan fingerprint density at radius 1 is 0.833 bits per heavy atom. The van der Waals surface area contributed by atoms with Gasteiger partial charge in [-0.25, -0.2) is 4.79 Å². The summed E-state index contributed by atoms with van der Waals surface area (Å²) in [5.41, 5.74) is 6.07. The molecule has 2 aliphatic rings. The third-order valence-corrected chi connectivity index (χ3v) is 6.15. The monoisotopic (exact) mass is 395 g/mol. The molecule has 1 amide bonds. The summed E-state index contributed by atoms with van der Waals surface area (Å²) in [5, 5.41) is 0. The number of amides is 1. The van der Waals surface area contributed by atoms with Crippen LogP contribution in [0.2, 0.25) is 0 Å². The van der Waals surface area contributed by atoms with Gasteiger partial charge in [0.05, 0.1) is 6.04 Å². The number of rotatable bonds is 4. The Hall–Kier alpha value is -3.33. The second-order valence-electron chi connectivity index (χ2n) is 8.09. The third-order valence-electron chi connectivity index (χ3n) is 6.15. The Kier molecular flexibility index (Phi) is 5.10. The number of hydrogen-bond donors (Lipinski definition) is 0. The molecule has 30 heavy (non-hydrogen) atoms. The van der Waals surface area contributed by atoms with E-state index in [9.17, 15) is 4.79 Å². The molecular formula is C27H25NO2. The number of benzene rings is 3. The molecule has 0 saturated carbocycles. The van der Waals surface area contributed by atoms with Gasteiger partial charge in [-0.05, 0) is 53.2 Å². The lowest BCUT2D eigenvalue weighted by atomic mass is 9.92. The number of carbonyl (C=O) groups excluding carboxylic acids is 1. The normalized spacial score (nSPS) is 20.0. The molecule has 2 atom stereocenters. The van der Waals surface area contributed by atoms with Crippen molar-refractivity contribution in [2.45, 2.75) is 38.0 Å². The second kappa shape index (κ2) is 8.19. The Morgan fingerprint density at radius 2 is 1.53 bits per heavy atom. The SMILES string of the molecule is O=C(OCc1ccccc1)N1C2C=C(c3cccc(-c4ccccc4)c3)CC1CC2. The van der Waals surface area contributed by atoms with Crippen LogP contribution >= 0.6 is 0 Å². The van der Waals surface area contributed by atoms with E-state index in [2.05, 4.69) is 54.6 Å². The average Bonchev–Trinajstić information content (AvgIpc) is 3.08. The predicted molar refractivity (Wildman–Crippen MR) is 120 cm³/mol. The molecule has 1 saturated heterocycles. The summed E-state index contributed by atoms with van der Waals surface area (Å²) in [6.07, 6.45) is 5.00. The minimum Gasteiger partial charge on any atom is -0.445 e. The molecule has 0 spiro atoms. The first-order valence-corrected chi connectivity index (χ1v) is 10.6. The highest BCUT2D eigenvalue weighted by molar-refractivity contribution is 5.77. The first kappa shape index (κ1) is 18.7. The summed E-state index contributed by atoms with van der Waals surface area (Å²) < 4.78 is 5.62. The molecule has 0 radical (unpaired) electrons. The number of nitrogens with zero attached hydrogens (tertiary/aromatic N) is 1. The maximum atomic E-state index is 12.8. The average molecular weight is 396 g/mol. The van der Waals surface area contributed by atoms with E-state index >= 15 is 0 Å². The number of hydrogen-bond acceptors (Lipinski definition) is 2. The third kappa shape index (κ3) is 3.76. The molecule has 2 heterocycles. The zero-order valence-electron chi connectivity index (χ0n) is 16.9. The van der Waals surface area contributed by atoms with Crippen LogP contribution in [-0.4, -0.2) is 23.1 Å². The summed E-state index contributed by atoms with van der Waals surface area (Å²) in [7, 11) is 0. The number of carbonyl (C=O) groups is 1. The van der Waals surface area contributed by atoms with Gasteiger partial charge in [0.15, 0.2) is 0 Å². The molecule has 3 nitrogen and oxygen atoms in total. The molecule has 150 valence electrons. The van der Waals surface area contributed by atoms with Crippen molar-refractivity contribution in [1.82, 2.24) is 4.90 Å². The molecule has 0 N–H and O–H groups in total. The Labute approximate surface area is 177 Å². The maximum absolute atomic E-state index is 12.8. The van der Waals surface area contributed by atoms with Crippen molar-refractivity contribution in [1.29, 1.82) is 0 Å². The van der Waals surface area contributed by atoms with Crippen LogP contribution in [-0.2, 0) is 11.3 Å². The molecule has 2 aliphatic heterocycles. The van der Waals surface area contributed by atoms with Gasteiger partial charge in [0.1, 0.15) is 6.61 Å². The fraction of sp³-hybridized carbons (Fsp3) is 0.222. The fourth-order valence-electron chi connectivity index (χ4n) is 4.65. The van der Waals surface area contributed by atoms with E-state index in [1.807, 2.05) is 41.3 Å². The van der Waals surface area contributed by atoms with E-state index in [4.69, 9.17) is 4.74 Å². The highest BCUT2D eigenvalue weighted by Gasteiger charge is 2.40. The summed E-state index contributed by atoms with van der Waals surface area (Å²) in [6.45, 7) is 0.325. The summed E-state index contributed by atoms with van der Waals surface area (Å²) in [6, 6.07) is 29.4. The minimum absolute atomic E-state index is 0.127. The molecule has 0 aliphatic carbocycles. The van der Waals surface area contributed by atoms with Crippen molar-refractivity contribution < 1.29 is 9.53 Å². The van der Waals surface area contributed by atoms with E-state index in [0.717, 1.165) is 24.8 Å². The van der Waals surface area contributed by atoms with Crippen LogP contribution in [0.3, 0.4) is 0 Å². The van der Waals surface area contributed by atoms with Crippen LogP contribution < -0.4 is 0 Å². The van der Waals surface area contributed by atoms with Crippen molar-refractivity contribution >= 4 is 11.7 Å². The molecule has 2 unspecified atom stereocenters. The summed E-state index contributed by atoms with van der Waals surface area (Å²) >= 11 is 0. The quantitative estimate of drug-likeness (QED) is 0.518. The fourth-order valence-corrected chi connectivity index (χ4v) is 4.65. The Balaban J connectivity index is 1.32. The zero-order chi connectivity index (χ0) is 20.3. The predicted octanol–water partition coefficient (Wildman–Crippen LogP) is 6.31. The van der Waals surface area contributed by atoms with E-state index in [1.54, 1.807) is 0 Å². The van der Waals surface area contributed by atoms with Crippen molar-refractivity contribution in [2.75, 3.05) is 0 Å². The Morgan fingerprint density at radius 3 is 2.30 bits per heavy atom. The van der Waals surface area contributed by atoms with Gasteiger partial charge in [0.25, 0.3) is 0 Å². The standard InChI is InChI=1S/C27H25NO2/c29-27(30-19-20-8-3-1-4-9-20)28-25-14-15-26(28)18-24(17-25)23-13-7-12-22(16-23)21-10-5-2-6-11-21/h1-13,16-17,25-26H,14-15,18-19H2. The van der Waals surface area contributed by atoms with Gasteiger partial charge in [-0.3, -0.25) is 4.90 Å². The smallest absolute Gasteiger partial charge is 0.410 e. The Bertz CT molecular complexity index is 1060.